The van der Waals surface area contributed by atoms with Crippen LogP contribution in [0.1, 0.15) is 6.42 Å². The average molecular weight is 157 g/mol. The second-order valence-electron chi connectivity index (χ2n) is 2.51. The smallest absolute Gasteiger partial charge is 0.362 e. The SMILES string of the molecule is [N-]=[N+]=N[C@H]1C[NH2+][C@H](C(=O)O)C1. The van der Waals surface area contributed by atoms with Gasteiger partial charge in [-0.1, -0.05) is 5.11 Å². The molecule has 1 heterocycles. The lowest BCUT2D eigenvalue weighted by atomic mass is 10.2. The summed E-state index contributed by atoms with van der Waals surface area (Å²) in [6.07, 6.45) is 0.444. The summed E-state index contributed by atoms with van der Waals surface area (Å²) in [7, 11) is 0. The van der Waals surface area contributed by atoms with Crippen LogP contribution in [0.2, 0.25) is 0 Å². The molecule has 0 amide bonds. The standard InChI is InChI=1S/C5H8N4O2/c6-9-8-3-1-4(5(10)11)7-2-3/h3-4,7H,1-2H2,(H,10,11)/p+1/t3-,4+/m1/s1. The maximum Gasteiger partial charge on any atom is 0.362 e. The summed E-state index contributed by atoms with van der Waals surface area (Å²) in [6, 6.07) is -0.577. The first kappa shape index (κ1) is 7.84. The van der Waals surface area contributed by atoms with Crippen LogP contribution in [-0.4, -0.2) is 29.7 Å². The molecule has 0 aliphatic carbocycles. The predicted octanol–water partition coefficient (Wildman–Crippen LogP) is -0.914. The van der Waals surface area contributed by atoms with Crippen molar-refractivity contribution >= 4 is 5.97 Å². The van der Waals surface area contributed by atoms with Crippen LogP contribution >= 0.6 is 0 Å². The van der Waals surface area contributed by atoms with Crippen molar-refractivity contribution in [1.29, 1.82) is 0 Å². The molecule has 0 aromatic carbocycles. The maximum absolute atomic E-state index is 10.4. The molecule has 1 aliphatic rings. The van der Waals surface area contributed by atoms with E-state index in [1.54, 1.807) is 5.32 Å². The summed E-state index contributed by atoms with van der Waals surface area (Å²) in [5.74, 6) is -0.833. The van der Waals surface area contributed by atoms with Gasteiger partial charge in [0.25, 0.3) is 0 Å². The number of carboxylic acid groups (broad SMARTS) is 1. The minimum Gasteiger partial charge on any atom is -0.477 e. The molecule has 3 N–H and O–H groups in total. The molecular formula is C5H9N4O2+. The van der Waals surface area contributed by atoms with Gasteiger partial charge in [-0.2, -0.15) is 0 Å². The van der Waals surface area contributed by atoms with Gasteiger partial charge in [0.2, 0.25) is 0 Å². The van der Waals surface area contributed by atoms with Crippen molar-refractivity contribution in [3.8, 4) is 0 Å². The Labute approximate surface area is 62.8 Å². The molecule has 60 valence electrons. The van der Waals surface area contributed by atoms with Crippen molar-refractivity contribution in [1.82, 2.24) is 0 Å². The number of quaternary nitrogens is 1. The summed E-state index contributed by atoms with van der Waals surface area (Å²) >= 11 is 0. The molecule has 11 heavy (non-hydrogen) atoms. The van der Waals surface area contributed by atoms with E-state index < -0.39 is 12.0 Å². The zero-order chi connectivity index (χ0) is 8.27. The summed E-state index contributed by atoms with van der Waals surface area (Å²) in [5, 5.41) is 13.7. The van der Waals surface area contributed by atoms with E-state index in [-0.39, 0.29) is 6.04 Å². The highest BCUT2D eigenvalue weighted by molar-refractivity contribution is 5.71. The van der Waals surface area contributed by atoms with Gasteiger partial charge >= 0.3 is 5.97 Å². The largest absolute Gasteiger partial charge is 0.477 e. The number of carbonyl (C=O) groups is 1. The van der Waals surface area contributed by atoms with E-state index in [9.17, 15) is 4.79 Å². The second-order valence-corrected chi connectivity index (χ2v) is 2.51. The van der Waals surface area contributed by atoms with Crippen molar-refractivity contribution in [3.05, 3.63) is 10.4 Å². The van der Waals surface area contributed by atoms with E-state index in [4.69, 9.17) is 10.6 Å². The van der Waals surface area contributed by atoms with Crippen molar-refractivity contribution < 1.29 is 15.2 Å². The Kier molecular flexibility index (Phi) is 2.30. The quantitative estimate of drug-likeness (QED) is 0.307. The van der Waals surface area contributed by atoms with Crippen LogP contribution in [0, 0.1) is 0 Å². The first-order valence-electron chi connectivity index (χ1n) is 3.34. The third-order valence-electron chi connectivity index (χ3n) is 1.75. The first-order valence-corrected chi connectivity index (χ1v) is 3.34. The van der Waals surface area contributed by atoms with Gasteiger partial charge in [-0.25, -0.2) is 4.79 Å². The monoisotopic (exact) mass is 157 g/mol. The highest BCUT2D eigenvalue weighted by Gasteiger charge is 2.32. The molecular weight excluding hydrogens is 148 g/mol. The minimum atomic E-state index is -0.833. The third-order valence-corrected chi connectivity index (χ3v) is 1.75. The number of carboxylic acids is 1. The van der Waals surface area contributed by atoms with Crippen LogP contribution in [0.15, 0.2) is 5.11 Å². The molecule has 6 heteroatoms. The normalized spacial score (nSPS) is 29.5. The van der Waals surface area contributed by atoms with Gasteiger partial charge in [-0.3, -0.25) is 0 Å². The molecule has 1 saturated heterocycles. The summed E-state index contributed by atoms with van der Waals surface area (Å²) < 4.78 is 0. The molecule has 0 aromatic heterocycles. The Morgan fingerprint density at radius 1 is 1.82 bits per heavy atom. The van der Waals surface area contributed by atoms with Crippen LogP contribution in [0.4, 0.5) is 0 Å². The predicted molar refractivity (Wildman–Crippen MR) is 35.8 cm³/mol. The van der Waals surface area contributed by atoms with Gasteiger partial charge in [0.1, 0.15) is 0 Å². The summed E-state index contributed by atoms with van der Waals surface area (Å²) in [6.45, 7) is 0.584. The lowest BCUT2D eigenvalue weighted by Crippen LogP contribution is -2.88. The van der Waals surface area contributed by atoms with E-state index in [0.29, 0.717) is 13.0 Å². The molecule has 0 bridgehead atoms. The molecule has 1 aliphatic heterocycles. The fourth-order valence-electron chi connectivity index (χ4n) is 1.18. The number of aliphatic carboxylic acids is 1. The number of nitrogens with two attached hydrogens (primary N) is 1. The van der Waals surface area contributed by atoms with E-state index in [1.165, 1.54) is 0 Å². The van der Waals surface area contributed by atoms with Gasteiger partial charge in [0, 0.05) is 11.3 Å². The Morgan fingerprint density at radius 2 is 2.55 bits per heavy atom. The molecule has 0 radical (unpaired) electrons. The van der Waals surface area contributed by atoms with Crippen molar-refractivity contribution in [3.63, 3.8) is 0 Å². The molecule has 2 atom stereocenters. The Hall–Kier alpha value is -1.26. The third kappa shape index (κ3) is 1.83. The molecule has 0 unspecified atom stereocenters. The van der Waals surface area contributed by atoms with E-state index in [2.05, 4.69) is 10.0 Å². The lowest BCUT2D eigenvalue weighted by Gasteiger charge is -1.96. The fraction of sp³-hybridized carbons (Fsp3) is 0.800. The fourth-order valence-corrected chi connectivity index (χ4v) is 1.18. The number of rotatable bonds is 2. The first-order chi connectivity index (χ1) is 5.24. The van der Waals surface area contributed by atoms with Crippen LogP contribution in [0.25, 0.3) is 10.4 Å². The number of azide groups is 1. The zero-order valence-electron chi connectivity index (χ0n) is 5.84. The number of hydrogen-bond donors (Lipinski definition) is 2. The van der Waals surface area contributed by atoms with Gasteiger partial charge in [0.05, 0.1) is 12.6 Å². The molecule has 6 nitrogen and oxygen atoms in total. The molecule has 0 spiro atoms. The number of hydrogen-bond acceptors (Lipinski definition) is 2. The molecule has 1 rings (SSSR count). The minimum absolute atomic E-state index is 0.152. The summed E-state index contributed by atoms with van der Waals surface area (Å²) in [4.78, 5) is 13.0. The second kappa shape index (κ2) is 3.23. The summed E-state index contributed by atoms with van der Waals surface area (Å²) in [5.41, 5.74) is 8.05. The van der Waals surface area contributed by atoms with Crippen LogP contribution < -0.4 is 5.32 Å². The van der Waals surface area contributed by atoms with Crippen molar-refractivity contribution in [2.24, 2.45) is 5.11 Å². The van der Waals surface area contributed by atoms with Gasteiger partial charge < -0.3 is 10.4 Å². The van der Waals surface area contributed by atoms with Gasteiger partial charge in [-0.05, 0) is 5.53 Å². The van der Waals surface area contributed by atoms with Crippen LogP contribution in [0.5, 0.6) is 0 Å². The molecule has 1 fully saturated rings. The van der Waals surface area contributed by atoms with Crippen molar-refractivity contribution in [2.75, 3.05) is 6.54 Å². The van der Waals surface area contributed by atoms with Crippen LogP contribution in [-0.2, 0) is 4.79 Å². The Morgan fingerprint density at radius 3 is 3.00 bits per heavy atom. The average Bonchev–Trinajstić information content (AvgIpc) is 2.37. The van der Waals surface area contributed by atoms with E-state index in [0.717, 1.165) is 0 Å². The zero-order valence-corrected chi connectivity index (χ0v) is 5.84. The van der Waals surface area contributed by atoms with Crippen molar-refractivity contribution in [2.45, 2.75) is 18.5 Å². The van der Waals surface area contributed by atoms with Crippen LogP contribution in [0.3, 0.4) is 0 Å². The van der Waals surface area contributed by atoms with E-state index in [1.807, 2.05) is 0 Å². The molecule has 0 saturated carbocycles. The highest BCUT2D eigenvalue weighted by atomic mass is 16.4. The number of nitrogens with zero attached hydrogens (tertiary/aromatic N) is 3. The van der Waals surface area contributed by atoms with E-state index >= 15 is 0 Å². The topological polar surface area (TPSA) is 103 Å². The maximum atomic E-state index is 10.4. The Balaban J connectivity index is 2.46. The van der Waals surface area contributed by atoms with Gasteiger partial charge in [0.15, 0.2) is 6.04 Å². The lowest BCUT2D eigenvalue weighted by molar-refractivity contribution is -0.659. The Bertz CT molecular complexity index is 203. The molecule has 0 aromatic rings. The highest BCUT2D eigenvalue weighted by Crippen LogP contribution is 2.03. The van der Waals surface area contributed by atoms with Gasteiger partial charge in [-0.15, -0.1) is 0 Å².